The van der Waals surface area contributed by atoms with E-state index in [4.69, 9.17) is 9.47 Å². The van der Waals surface area contributed by atoms with Gasteiger partial charge in [0.05, 0.1) is 20.3 Å². The molecule has 0 aliphatic carbocycles. The lowest BCUT2D eigenvalue weighted by molar-refractivity contribution is -0.126. The van der Waals surface area contributed by atoms with E-state index in [2.05, 4.69) is 30.5 Å². The van der Waals surface area contributed by atoms with Crippen LogP contribution >= 0.6 is 0 Å². The van der Waals surface area contributed by atoms with E-state index < -0.39 is 0 Å². The average Bonchev–Trinajstić information content (AvgIpc) is 2.53. The third kappa shape index (κ3) is 4.71. The lowest BCUT2D eigenvalue weighted by Crippen LogP contribution is -2.52. The molecule has 1 aromatic carbocycles. The van der Waals surface area contributed by atoms with Gasteiger partial charge in [-0.15, -0.1) is 0 Å². The van der Waals surface area contributed by atoms with E-state index in [1.807, 2.05) is 18.2 Å². The number of carbonyl (C=O) groups is 1. The lowest BCUT2D eigenvalue weighted by Gasteiger charge is -2.28. The Balaban J connectivity index is 1.88. The second-order valence-corrected chi connectivity index (χ2v) is 6.45. The first kappa shape index (κ1) is 16.8. The van der Waals surface area contributed by atoms with Crippen molar-refractivity contribution in [2.75, 3.05) is 33.4 Å². The summed E-state index contributed by atoms with van der Waals surface area (Å²) in [6.07, 6.45) is 0.839. The number of methoxy groups -OCH3 is 1. The molecule has 5 heteroatoms. The summed E-state index contributed by atoms with van der Waals surface area (Å²) in [4.78, 5) is 12.1. The Bertz CT molecular complexity index is 496. The Morgan fingerprint density at radius 3 is 2.91 bits per heavy atom. The summed E-state index contributed by atoms with van der Waals surface area (Å²) in [5.41, 5.74) is 1.10. The summed E-state index contributed by atoms with van der Waals surface area (Å²) in [5.74, 6) is 0.900. The number of amides is 1. The Morgan fingerprint density at radius 1 is 1.45 bits per heavy atom. The minimum absolute atomic E-state index is 0.00722. The molecule has 0 aromatic heterocycles. The van der Waals surface area contributed by atoms with E-state index in [-0.39, 0.29) is 17.4 Å². The summed E-state index contributed by atoms with van der Waals surface area (Å²) in [6, 6.07) is 7.77. The van der Waals surface area contributed by atoms with Crippen LogP contribution in [0.1, 0.15) is 19.4 Å². The maximum Gasteiger partial charge on any atom is 0.239 e. The largest absolute Gasteiger partial charge is 0.496 e. The van der Waals surface area contributed by atoms with E-state index >= 15 is 0 Å². The highest BCUT2D eigenvalue weighted by molar-refractivity contribution is 5.82. The molecule has 0 radical (unpaired) electrons. The first-order valence-electron chi connectivity index (χ1n) is 7.72. The maximum atomic E-state index is 12.1. The molecule has 0 saturated carbocycles. The summed E-state index contributed by atoms with van der Waals surface area (Å²) >= 11 is 0. The van der Waals surface area contributed by atoms with Crippen LogP contribution in [-0.2, 0) is 16.0 Å². The molecule has 1 aliphatic heterocycles. The molecule has 1 aromatic rings. The van der Waals surface area contributed by atoms with Gasteiger partial charge in [0, 0.05) is 13.1 Å². The fourth-order valence-corrected chi connectivity index (χ4v) is 2.61. The van der Waals surface area contributed by atoms with Crippen molar-refractivity contribution in [1.29, 1.82) is 0 Å². The van der Waals surface area contributed by atoms with Crippen molar-refractivity contribution in [2.24, 2.45) is 5.41 Å². The molecular formula is C17H26N2O3. The number of para-hydroxylation sites is 1. The van der Waals surface area contributed by atoms with E-state index in [1.165, 1.54) is 0 Å². The summed E-state index contributed by atoms with van der Waals surface area (Å²) < 4.78 is 10.7. The van der Waals surface area contributed by atoms with Crippen LogP contribution in [-0.4, -0.2) is 45.4 Å². The zero-order valence-corrected chi connectivity index (χ0v) is 13.6. The van der Waals surface area contributed by atoms with Gasteiger partial charge in [-0.2, -0.15) is 0 Å². The highest BCUT2D eigenvalue weighted by Gasteiger charge is 2.25. The molecule has 5 nitrogen and oxygen atoms in total. The van der Waals surface area contributed by atoms with Gasteiger partial charge in [-0.25, -0.2) is 0 Å². The van der Waals surface area contributed by atoms with Gasteiger partial charge < -0.3 is 20.1 Å². The zero-order chi connectivity index (χ0) is 16.0. The summed E-state index contributed by atoms with van der Waals surface area (Å²) in [5, 5.41) is 6.19. The highest BCUT2D eigenvalue weighted by Crippen LogP contribution is 2.27. The van der Waals surface area contributed by atoms with Gasteiger partial charge in [-0.1, -0.05) is 32.0 Å². The summed E-state index contributed by atoms with van der Waals surface area (Å²) in [6.45, 7) is 6.74. The van der Waals surface area contributed by atoms with Crippen LogP contribution in [0.3, 0.4) is 0 Å². The molecule has 0 bridgehead atoms. The Morgan fingerprint density at radius 2 is 2.23 bits per heavy atom. The van der Waals surface area contributed by atoms with Gasteiger partial charge >= 0.3 is 0 Å². The Kier molecular flexibility index (Phi) is 5.80. The van der Waals surface area contributed by atoms with Crippen LogP contribution in [0.5, 0.6) is 5.75 Å². The second kappa shape index (κ2) is 7.61. The normalized spacial score (nSPS) is 18.8. The number of nitrogens with one attached hydrogen (secondary N) is 2. The van der Waals surface area contributed by atoms with Gasteiger partial charge in [0.15, 0.2) is 0 Å². The number of morpholine rings is 1. The summed E-state index contributed by atoms with van der Waals surface area (Å²) in [7, 11) is 1.68. The Hall–Kier alpha value is -1.59. The molecule has 22 heavy (non-hydrogen) atoms. The topological polar surface area (TPSA) is 59.6 Å². The molecule has 2 rings (SSSR count). The first-order chi connectivity index (χ1) is 10.5. The van der Waals surface area contributed by atoms with Gasteiger partial charge in [0.25, 0.3) is 0 Å². The van der Waals surface area contributed by atoms with Crippen molar-refractivity contribution in [1.82, 2.24) is 10.6 Å². The number of rotatable bonds is 6. The maximum absolute atomic E-state index is 12.1. The van der Waals surface area contributed by atoms with E-state index in [1.54, 1.807) is 7.11 Å². The van der Waals surface area contributed by atoms with Crippen LogP contribution in [0.15, 0.2) is 24.3 Å². The molecule has 1 saturated heterocycles. The fourth-order valence-electron chi connectivity index (χ4n) is 2.61. The molecule has 2 N–H and O–H groups in total. The minimum atomic E-state index is -0.240. The number of hydrogen-bond donors (Lipinski definition) is 2. The van der Waals surface area contributed by atoms with Crippen molar-refractivity contribution in [2.45, 2.75) is 26.3 Å². The molecule has 122 valence electrons. The average molecular weight is 306 g/mol. The number of benzene rings is 1. The van der Waals surface area contributed by atoms with Gasteiger partial charge in [0.1, 0.15) is 11.8 Å². The number of carbonyl (C=O) groups excluding carboxylic acids is 1. The molecule has 0 spiro atoms. The van der Waals surface area contributed by atoms with Gasteiger partial charge in [0.2, 0.25) is 5.91 Å². The predicted octanol–water partition coefficient (Wildman–Crippen LogP) is 1.37. The SMILES string of the molecule is COc1ccccc1CC(C)(C)CNC(=O)[C@H]1COCCN1. The lowest BCUT2D eigenvalue weighted by atomic mass is 9.85. The third-order valence-electron chi connectivity index (χ3n) is 3.84. The smallest absolute Gasteiger partial charge is 0.239 e. The van der Waals surface area contributed by atoms with Crippen molar-refractivity contribution in [3.05, 3.63) is 29.8 Å². The van der Waals surface area contributed by atoms with Crippen LogP contribution < -0.4 is 15.4 Å². The van der Waals surface area contributed by atoms with Crippen LogP contribution in [0.4, 0.5) is 0 Å². The molecule has 1 amide bonds. The second-order valence-electron chi connectivity index (χ2n) is 6.45. The van der Waals surface area contributed by atoms with Crippen molar-refractivity contribution in [3.63, 3.8) is 0 Å². The molecule has 1 fully saturated rings. The van der Waals surface area contributed by atoms with E-state index in [0.29, 0.717) is 19.8 Å². The third-order valence-corrected chi connectivity index (χ3v) is 3.84. The monoisotopic (exact) mass is 306 g/mol. The predicted molar refractivity (Wildman–Crippen MR) is 86.1 cm³/mol. The molecular weight excluding hydrogens is 280 g/mol. The number of hydrogen-bond acceptors (Lipinski definition) is 4. The first-order valence-corrected chi connectivity index (χ1v) is 7.72. The van der Waals surface area contributed by atoms with Crippen molar-refractivity contribution >= 4 is 5.91 Å². The number of ether oxygens (including phenoxy) is 2. The standard InChI is InChI=1S/C17H26N2O3/c1-17(2,10-13-6-4-5-7-15(13)21-3)12-19-16(20)14-11-22-9-8-18-14/h4-7,14,18H,8-12H2,1-3H3,(H,19,20)/t14-/m1/s1. The van der Waals surface area contributed by atoms with E-state index in [9.17, 15) is 4.79 Å². The van der Waals surface area contributed by atoms with Gasteiger partial charge in [-0.05, 0) is 23.5 Å². The molecule has 0 unspecified atom stereocenters. The minimum Gasteiger partial charge on any atom is -0.496 e. The fraction of sp³-hybridized carbons (Fsp3) is 0.588. The van der Waals surface area contributed by atoms with Crippen LogP contribution in [0, 0.1) is 5.41 Å². The Labute approximate surface area is 132 Å². The molecule has 1 heterocycles. The highest BCUT2D eigenvalue weighted by atomic mass is 16.5. The molecule has 1 atom stereocenters. The molecule has 1 aliphatic rings. The zero-order valence-electron chi connectivity index (χ0n) is 13.6. The van der Waals surface area contributed by atoms with Crippen molar-refractivity contribution in [3.8, 4) is 5.75 Å². The van der Waals surface area contributed by atoms with Crippen LogP contribution in [0.2, 0.25) is 0 Å². The van der Waals surface area contributed by atoms with E-state index in [0.717, 1.165) is 24.3 Å². The van der Waals surface area contributed by atoms with Crippen molar-refractivity contribution < 1.29 is 14.3 Å². The quantitative estimate of drug-likeness (QED) is 0.833. The van der Waals surface area contributed by atoms with Gasteiger partial charge in [-0.3, -0.25) is 4.79 Å². The van der Waals surface area contributed by atoms with Crippen LogP contribution in [0.25, 0.3) is 0 Å².